The molecule has 32 heavy (non-hydrogen) atoms. The quantitative estimate of drug-likeness (QED) is 0.656. The molecule has 176 valence electrons. The number of halogens is 2. The molecule has 3 aliphatic heterocycles. The average molecular weight is 484 g/mol. The lowest BCUT2D eigenvalue weighted by Gasteiger charge is -2.27. The predicted molar refractivity (Wildman–Crippen MR) is 127 cm³/mol. The topological polar surface area (TPSA) is 102 Å². The Morgan fingerprint density at radius 3 is 2.81 bits per heavy atom. The lowest BCUT2D eigenvalue weighted by Crippen LogP contribution is -2.43. The fourth-order valence-electron chi connectivity index (χ4n) is 5.79. The van der Waals surface area contributed by atoms with E-state index in [-0.39, 0.29) is 42.7 Å². The number of imidazole rings is 1. The number of rotatable bonds is 6. The zero-order valence-electron chi connectivity index (χ0n) is 18.4. The Labute approximate surface area is 200 Å². The van der Waals surface area contributed by atoms with Crippen LogP contribution in [0.1, 0.15) is 32.5 Å². The molecule has 0 saturated carbocycles. The zero-order chi connectivity index (χ0) is 21.0. The molecule has 1 aromatic heterocycles. The van der Waals surface area contributed by atoms with Crippen LogP contribution >= 0.6 is 24.8 Å². The number of hydrogen-bond acceptors (Lipinski definition) is 5. The van der Waals surface area contributed by atoms with Gasteiger partial charge in [0, 0.05) is 31.7 Å². The molecule has 0 unspecified atom stereocenters. The maximum absolute atomic E-state index is 13.3. The van der Waals surface area contributed by atoms with Gasteiger partial charge < -0.3 is 25.3 Å². The van der Waals surface area contributed by atoms with Crippen molar-refractivity contribution < 1.29 is 14.3 Å². The van der Waals surface area contributed by atoms with E-state index >= 15 is 0 Å². The van der Waals surface area contributed by atoms with Crippen molar-refractivity contribution in [2.75, 3.05) is 25.0 Å². The van der Waals surface area contributed by atoms with Crippen LogP contribution in [0.2, 0.25) is 0 Å². The average Bonchev–Trinajstić information content (AvgIpc) is 3.46. The van der Waals surface area contributed by atoms with Gasteiger partial charge in [-0.2, -0.15) is 0 Å². The number of nitrogens with two attached hydrogens (primary N) is 1. The summed E-state index contributed by atoms with van der Waals surface area (Å²) in [6.45, 7) is 6.53. The molecule has 3 saturated heterocycles. The highest BCUT2D eigenvalue weighted by molar-refractivity contribution is 5.99. The molecule has 2 aromatic rings. The number of carbonyl (C=O) groups is 2. The maximum atomic E-state index is 13.3. The van der Waals surface area contributed by atoms with Gasteiger partial charge in [0.2, 0.25) is 11.8 Å². The molecule has 10 heteroatoms. The van der Waals surface area contributed by atoms with Crippen LogP contribution in [-0.2, 0) is 27.3 Å². The standard InChI is InChI=1S/C22H29N5O3.2ClH/c1-3-17-25-14-11-13(5-6-15(14)27(17)4-2)24-20(28)18-16-7-8-22(30-16)12-26(10-9-23)21(29)19(18)22;;/h5-6,11,16,18-19H,3-4,7-10,12,23H2,1-2H3,(H,24,28);2*1H/t16-,18-,19+,22-;;/m0../s1. The lowest BCUT2D eigenvalue weighted by atomic mass is 9.73. The molecule has 8 nitrogen and oxygen atoms in total. The van der Waals surface area contributed by atoms with Gasteiger partial charge in [-0.05, 0) is 38.0 Å². The normalized spacial score (nSPS) is 27.9. The predicted octanol–water partition coefficient (Wildman–Crippen LogP) is 2.37. The van der Waals surface area contributed by atoms with E-state index in [9.17, 15) is 9.59 Å². The number of carbonyl (C=O) groups excluding carboxylic acids is 2. The molecule has 3 aliphatic rings. The lowest BCUT2D eigenvalue weighted by molar-refractivity contribution is -0.136. The second-order valence-corrected chi connectivity index (χ2v) is 8.63. The molecule has 2 amide bonds. The number of nitrogens with zero attached hydrogens (tertiary/aromatic N) is 3. The molecule has 1 aromatic carbocycles. The summed E-state index contributed by atoms with van der Waals surface area (Å²) in [5.41, 5.74) is 7.80. The van der Waals surface area contributed by atoms with Crippen LogP contribution in [-0.4, -0.2) is 57.6 Å². The summed E-state index contributed by atoms with van der Waals surface area (Å²) in [5, 5.41) is 3.04. The number of nitrogens with one attached hydrogen (secondary N) is 1. The first-order valence-electron chi connectivity index (χ1n) is 11.0. The monoisotopic (exact) mass is 483 g/mol. The van der Waals surface area contributed by atoms with Gasteiger partial charge in [-0.1, -0.05) is 6.92 Å². The number of benzene rings is 1. The van der Waals surface area contributed by atoms with E-state index in [0.717, 1.165) is 42.7 Å². The number of anilines is 1. The van der Waals surface area contributed by atoms with E-state index in [4.69, 9.17) is 15.5 Å². The molecule has 0 aliphatic carbocycles. The molecule has 5 rings (SSSR count). The number of hydrogen-bond donors (Lipinski definition) is 2. The van der Waals surface area contributed by atoms with E-state index in [1.54, 1.807) is 4.90 Å². The second-order valence-electron chi connectivity index (χ2n) is 8.63. The summed E-state index contributed by atoms with van der Waals surface area (Å²) >= 11 is 0. The smallest absolute Gasteiger partial charge is 0.231 e. The maximum Gasteiger partial charge on any atom is 0.231 e. The highest BCUT2D eigenvalue weighted by atomic mass is 35.5. The number of ether oxygens (including phenoxy) is 1. The van der Waals surface area contributed by atoms with Crippen LogP contribution in [0.25, 0.3) is 11.0 Å². The summed E-state index contributed by atoms with van der Waals surface area (Å²) in [4.78, 5) is 32.8. The van der Waals surface area contributed by atoms with E-state index in [0.29, 0.717) is 25.3 Å². The van der Waals surface area contributed by atoms with Crippen molar-refractivity contribution in [3.05, 3.63) is 24.0 Å². The second kappa shape index (κ2) is 9.17. The van der Waals surface area contributed by atoms with Crippen molar-refractivity contribution in [3.8, 4) is 0 Å². The van der Waals surface area contributed by atoms with Gasteiger partial charge in [-0.3, -0.25) is 9.59 Å². The Bertz CT molecular complexity index is 1030. The number of fused-ring (bicyclic) bond motifs is 2. The highest BCUT2D eigenvalue weighted by Crippen LogP contribution is 2.55. The molecular weight excluding hydrogens is 453 g/mol. The van der Waals surface area contributed by atoms with Crippen LogP contribution in [0.4, 0.5) is 5.69 Å². The molecule has 0 radical (unpaired) electrons. The van der Waals surface area contributed by atoms with Crippen LogP contribution in [0.3, 0.4) is 0 Å². The first-order chi connectivity index (χ1) is 14.5. The molecular formula is C22H31Cl2N5O3. The number of likely N-dealkylation sites (tertiary alicyclic amines) is 1. The summed E-state index contributed by atoms with van der Waals surface area (Å²) in [7, 11) is 0. The van der Waals surface area contributed by atoms with Crippen molar-refractivity contribution >= 4 is 53.3 Å². The Morgan fingerprint density at radius 2 is 2.12 bits per heavy atom. The van der Waals surface area contributed by atoms with E-state index in [2.05, 4.69) is 23.7 Å². The zero-order valence-corrected chi connectivity index (χ0v) is 20.0. The van der Waals surface area contributed by atoms with E-state index in [1.807, 2.05) is 18.2 Å². The van der Waals surface area contributed by atoms with Gasteiger partial charge in [-0.15, -0.1) is 24.8 Å². The van der Waals surface area contributed by atoms with E-state index < -0.39 is 17.4 Å². The van der Waals surface area contributed by atoms with Gasteiger partial charge in [-0.25, -0.2) is 4.98 Å². The van der Waals surface area contributed by atoms with Gasteiger partial charge in [0.05, 0.1) is 41.1 Å². The minimum Gasteiger partial charge on any atom is -0.368 e. The third-order valence-corrected chi connectivity index (χ3v) is 7.03. The van der Waals surface area contributed by atoms with Gasteiger partial charge in [0.25, 0.3) is 0 Å². The Hall–Kier alpha value is -1.87. The summed E-state index contributed by atoms with van der Waals surface area (Å²) < 4.78 is 8.43. The SMILES string of the molecule is CCc1nc2cc(NC(=O)[C@H]3[C@@H]4CC[C@@]5(CN(CCN)C(=O)[C@@H]35)O4)ccc2n1CC.Cl.Cl. The molecule has 4 atom stereocenters. The molecule has 1 spiro atoms. The van der Waals surface area contributed by atoms with Gasteiger partial charge >= 0.3 is 0 Å². The van der Waals surface area contributed by atoms with Crippen molar-refractivity contribution in [1.82, 2.24) is 14.5 Å². The Morgan fingerprint density at radius 1 is 1.34 bits per heavy atom. The molecule has 3 N–H and O–H groups in total. The van der Waals surface area contributed by atoms with Crippen molar-refractivity contribution in [2.45, 2.75) is 51.4 Å². The summed E-state index contributed by atoms with van der Waals surface area (Å²) in [6.07, 6.45) is 2.32. The minimum atomic E-state index is -0.515. The first kappa shape index (κ1) is 24.8. The van der Waals surface area contributed by atoms with Crippen LogP contribution in [0.5, 0.6) is 0 Å². The summed E-state index contributed by atoms with van der Waals surface area (Å²) in [5.74, 6) is 0.0460. The first-order valence-corrected chi connectivity index (χ1v) is 11.0. The van der Waals surface area contributed by atoms with Crippen LogP contribution in [0, 0.1) is 11.8 Å². The van der Waals surface area contributed by atoms with Crippen molar-refractivity contribution in [3.63, 3.8) is 0 Å². The van der Waals surface area contributed by atoms with Gasteiger partial charge in [0.15, 0.2) is 0 Å². The Kier molecular flexibility index (Phi) is 7.10. The van der Waals surface area contributed by atoms with Gasteiger partial charge in [0.1, 0.15) is 5.82 Å². The highest BCUT2D eigenvalue weighted by Gasteiger charge is 2.68. The fourth-order valence-corrected chi connectivity index (χ4v) is 5.79. The summed E-state index contributed by atoms with van der Waals surface area (Å²) in [6, 6.07) is 5.83. The number of amides is 2. The molecule has 3 fully saturated rings. The van der Waals surface area contributed by atoms with E-state index in [1.165, 1.54) is 0 Å². The van der Waals surface area contributed by atoms with Crippen molar-refractivity contribution in [2.24, 2.45) is 17.6 Å². The molecule has 2 bridgehead atoms. The Balaban J connectivity index is 0.00000144. The van der Waals surface area contributed by atoms with Crippen LogP contribution < -0.4 is 11.1 Å². The molecule has 4 heterocycles. The third-order valence-electron chi connectivity index (χ3n) is 7.03. The number of aromatic nitrogens is 2. The third kappa shape index (κ3) is 3.57. The fraction of sp³-hybridized carbons (Fsp3) is 0.591. The van der Waals surface area contributed by atoms with Crippen LogP contribution in [0.15, 0.2) is 18.2 Å². The minimum absolute atomic E-state index is 0. The number of aryl methyl sites for hydroxylation is 2. The van der Waals surface area contributed by atoms with Crippen molar-refractivity contribution in [1.29, 1.82) is 0 Å². The largest absolute Gasteiger partial charge is 0.368 e.